The average molecular weight is 385 g/mol. The molecule has 1 aromatic heterocycles. The first-order valence-electron chi connectivity index (χ1n) is 9.64. The average Bonchev–Trinajstić information content (AvgIpc) is 3.08. The highest BCUT2D eigenvalue weighted by Gasteiger charge is 2.61. The quantitative estimate of drug-likeness (QED) is 0.817. The molecule has 1 atom stereocenters. The number of nitrogens with zero attached hydrogens (tertiary/aromatic N) is 2. The molecule has 3 bridgehead atoms. The predicted molar refractivity (Wildman–Crippen MR) is 105 cm³/mol. The van der Waals surface area contributed by atoms with E-state index in [1.807, 2.05) is 24.3 Å². The van der Waals surface area contributed by atoms with Gasteiger partial charge in [-0.15, -0.1) is 10.2 Å². The van der Waals surface area contributed by atoms with Crippen molar-refractivity contribution in [3.05, 3.63) is 24.3 Å². The zero-order valence-corrected chi connectivity index (χ0v) is 16.3. The van der Waals surface area contributed by atoms with Crippen molar-refractivity contribution < 1.29 is 9.53 Å². The maximum absolute atomic E-state index is 12.6. The van der Waals surface area contributed by atoms with Crippen LogP contribution in [0, 0.1) is 11.3 Å². The van der Waals surface area contributed by atoms with Crippen LogP contribution in [-0.2, 0) is 0 Å². The van der Waals surface area contributed by atoms with Crippen LogP contribution in [-0.4, -0.2) is 28.9 Å². The zero-order valence-electron chi connectivity index (χ0n) is 15.5. The van der Waals surface area contributed by atoms with Gasteiger partial charge in [0.25, 0.3) is 0 Å². The Hall–Kier alpha value is -2.15. The Bertz CT molecular complexity index is 852. The van der Waals surface area contributed by atoms with E-state index in [2.05, 4.69) is 20.8 Å². The van der Waals surface area contributed by atoms with Crippen molar-refractivity contribution in [2.75, 3.05) is 12.4 Å². The van der Waals surface area contributed by atoms with Crippen LogP contribution in [0.3, 0.4) is 0 Å². The van der Waals surface area contributed by atoms with Gasteiger partial charge in [0.15, 0.2) is 0 Å². The molecule has 6 rings (SSSR count). The number of anilines is 1. The Balaban J connectivity index is 1.22. The number of amides is 2. The number of urea groups is 1. The lowest BCUT2D eigenvalue weighted by Crippen LogP contribution is -2.67. The molecule has 0 saturated heterocycles. The molecular weight excluding hydrogens is 360 g/mol. The summed E-state index contributed by atoms with van der Waals surface area (Å²) < 4.78 is 5.18. The van der Waals surface area contributed by atoms with Crippen LogP contribution in [0.1, 0.15) is 44.9 Å². The third-order valence-electron chi connectivity index (χ3n) is 6.51. The molecule has 4 saturated carbocycles. The van der Waals surface area contributed by atoms with Gasteiger partial charge in [-0.25, -0.2) is 4.79 Å². The number of aromatic nitrogens is 2. The van der Waals surface area contributed by atoms with Gasteiger partial charge >= 0.3 is 6.03 Å². The van der Waals surface area contributed by atoms with Gasteiger partial charge in [-0.05, 0) is 67.7 Å². The highest BCUT2D eigenvalue weighted by molar-refractivity contribution is 7.18. The molecule has 1 unspecified atom stereocenters. The smallest absolute Gasteiger partial charge is 0.321 e. The van der Waals surface area contributed by atoms with E-state index < -0.39 is 0 Å². The number of carbonyl (C=O) groups is 1. The number of benzene rings is 1. The summed E-state index contributed by atoms with van der Waals surface area (Å²) in [4.78, 5) is 12.6. The summed E-state index contributed by atoms with van der Waals surface area (Å²) >= 11 is 1.38. The molecule has 1 aromatic carbocycles. The fourth-order valence-electron chi connectivity index (χ4n) is 5.79. The SMILES string of the molecule is COc1ccc(-c2nnc(NC(=O)NC34CC5CCCC(C5)(C3)C4)s2)cc1. The van der Waals surface area contributed by atoms with Gasteiger partial charge < -0.3 is 10.1 Å². The lowest BCUT2D eigenvalue weighted by Gasteiger charge is -2.65. The monoisotopic (exact) mass is 384 g/mol. The van der Waals surface area contributed by atoms with E-state index in [1.165, 1.54) is 37.0 Å². The topological polar surface area (TPSA) is 76.1 Å². The molecule has 1 heterocycles. The molecule has 0 aliphatic heterocycles. The normalized spacial score (nSPS) is 30.9. The molecule has 7 heteroatoms. The molecule has 2 aromatic rings. The van der Waals surface area contributed by atoms with Gasteiger partial charge in [0.05, 0.1) is 7.11 Å². The highest BCUT2D eigenvalue weighted by atomic mass is 32.1. The first-order valence-corrected chi connectivity index (χ1v) is 10.5. The van der Waals surface area contributed by atoms with E-state index in [4.69, 9.17) is 4.74 Å². The van der Waals surface area contributed by atoms with Crippen molar-refractivity contribution in [1.82, 2.24) is 15.5 Å². The van der Waals surface area contributed by atoms with E-state index in [1.54, 1.807) is 7.11 Å². The molecule has 4 aliphatic rings. The Morgan fingerprint density at radius 1 is 1.22 bits per heavy atom. The molecule has 2 N–H and O–H groups in total. The molecule has 1 spiro atoms. The maximum Gasteiger partial charge on any atom is 0.321 e. The summed E-state index contributed by atoms with van der Waals surface area (Å²) in [6, 6.07) is 7.51. The number of hydrogen-bond acceptors (Lipinski definition) is 5. The van der Waals surface area contributed by atoms with Crippen molar-refractivity contribution in [2.45, 2.75) is 50.5 Å². The molecule has 2 amide bonds. The molecule has 4 aliphatic carbocycles. The number of hydrogen-bond donors (Lipinski definition) is 2. The van der Waals surface area contributed by atoms with Crippen molar-refractivity contribution in [2.24, 2.45) is 11.3 Å². The van der Waals surface area contributed by atoms with Gasteiger partial charge in [-0.3, -0.25) is 5.32 Å². The standard InChI is InChI=1S/C20H24N4O2S/c1-26-15-6-4-14(5-7-15)16-23-24-18(27-16)21-17(25)22-20-10-13-3-2-8-19(9-13,11-20)12-20/h4-7,13H,2-3,8-12H2,1H3,(H2,21,22,24,25). The zero-order chi connectivity index (χ0) is 18.5. The van der Waals surface area contributed by atoms with E-state index in [9.17, 15) is 4.79 Å². The van der Waals surface area contributed by atoms with E-state index >= 15 is 0 Å². The second kappa shape index (κ2) is 6.19. The van der Waals surface area contributed by atoms with Gasteiger partial charge in [0.2, 0.25) is 5.13 Å². The van der Waals surface area contributed by atoms with Crippen LogP contribution < -0.4 is 15.4 Å². The minimum atomic E-state index is -0.151. The van der Waals surface area contributed by atoms with Crippen molar-refractivity contribution in [1.29, 1.82) is 0 Å². The number of rotatable bonds is 4. The minimum absolute atomic E-state index is 0.0108. The van der Waals surface area contributed by atoms with E-state index in [0.29, 0.717) is 10.5 Å². The summed E-state index contributed by atoms with van der Waals surface area (Å²) in [6.07, 6.45) is 8.85. The first-order chi connectivity index (χ1) is 13.1. The third-order valence-corrected chi connectivity index (χ3v) is 7.40. The summed E-state index contributed by atoms with van der Waals surface area (Å²) in [5.41, 5.74) is 1.50. The van der Waals surface area contributed by atoms with Gasteiger partial charge in [0, 0.05) is 11.1 Å². The maximum atomic E-state index is 12.6. The Kier molecular flexibility index (Phi) is 3.89. The Morgan fingerprint density at radius 2 is 2.04 bits per heavy atom. The van der Waals surface area contributed by atoms with Gasteiger partial charge in [-0.2, -0.15) is 0 Å². The summed E-state index contributed by atoms with van der Waals surface area (Å²) in [5.74, 6) is 1.60. The predicted octanol–water partition coefficient (Wildman–Crippen LogP) is 4.45. The fourth-order valence-corrected chi connectivity index (χ4v) is 6.54. The van der Waals surface area contributed by atoms with Crippen LogP contribution in [0.4, 0.5) is 9.93 Å². The highest BCUT2D eigenvalue weighted by Crippen LogP contribution is 2.65. The fraction of sp³-hybridized carbons (Fsp3) is 0.550. The molecular formula is C20H24N4O2S. The molecule has 142 valence electrons. The molecule has 27 heavy (non-hydrogen) atoms. The summed E-state index contributed by atoms with van der Waals surface area (Å²) in [5, 5.41) is 15.8. The summed E-state index contributed by atoms with van der Waals surface area (Å²) in [6.45, 7) is 0. The second-order valence-electron chi connectivity index (χ2n) is 8.52. The lowest BCUT2D eigenvalue weighted by atomic mass is 9.43. The van der Waals surface area contributed by atoms with Gasteiger partial charge in [-0.1, -0.05) is 24.2 Å². The van der Waals surface area contributed by atoms with E-state index in [-0.39, 0.29) is 11.6 Å². The number of ether oxygens (including phenoxy) is 1. The molecule has 0 radical (unpaired) electrons. The number of carbonyl (C=O) groups excluding carboxylic acids is 1. The first kappa shape index (κ1) is 17.0. The Labute approximate surface area is 162 Å². The van der Waals surface area contributed by atoms with Crippen LogP contribution in [0.15, 0.2) is 24.3 Å². The lowest BCUT2D eigenvalue weighted by molar-refractivity contribution is -0.102. The third kappa shape index (κ3) is 3.08. The van der Waals surface area contributed by atoms with Crippen LogP contribution in [0.25, 0.3) is 10.6 Å². The van der Waals surface area contributed by atoms with Crippen LogP contribution in [0.2, 0.25) is 0 Å². The van der Waals surface area contributed by atoms with Crippen molar-refractivity contribution >= 4 is 22.5 Å². The van der Waals surface area contributed by atoms with Crippen LogP contribution in [0.5, 0.6) is 5.75 Å². The number of methoxy groups -OCH3 is 1. The Morgan fingerprint density at radius 3 is 2.78 bits per heavy atom. The number of nitrogens with one attached hydrogen (secondary N) is 2. The van der Waals surface area contributed by atoms with Crippen LogP contribution >= 0.6 is 11.3 Å². The second-order valence-corrected chi connectivity index (χ2v) is 9.50. The summed E-state index contributed by atoms with van der Waals surface area (Å²) in [7, 11) is 1.64. The molecule has 4 fully saturated rings. The van der Waals surface area contributed by atoms with Crippen molar-refractivity contribution in [3.8, 4) is 16.3 Å². The van der Waals surface area contributed by atoms with Gasteiger partial charge in [0.1, 0.15) is 10.8 Å². The van der Waals surface area contributed by atoms with Crippen molar-refractivity contribution in [3.63, 3.8) is 0 Å². The minimum Gasteiger partial charge on any atom is -0.497 e. The molecule has 6 nitrogen and oxygen atoms in total. The largest absolute Gasteiger partial charge is 0.497 e. The van der Waals surface area contributed by atoms with E-state index in [0.717, 1.165) is 41.5 Å².